The molecular formula is C20H20N2. The highest BCUT2D eigenvalue weighted by Gasteiger charge is 2.14. The lowest BCUT2D eigenvalue weighted by molar-refractivity contribution is 0.729. The van der Waals surface area contributed by atoms with Crippen molar-refractivity contribution < 1.29 is 0 Å². The number of hydrogen-bond donors (Lipinski definition) is 0. The number of pyridine rings is 1. The molecule has 0 amide bonds. The molecule has 3 aromatic rings. The summed E-state index contributed by atoms with van der Waals surface area (Å²) in [4.78, 5) is 4.29. The highest BCUT2D eigenvalue weighted by molar-refractivity contribution is 5.85. The number of aromatic nitrogens is 2. The van der Waals surface area contributed by atoms with Gasteiger partial charge in [-0.2, -0.15) is 0 Å². The van der Waals surface area contributed by atoms with Gasteiger partial charge in [0.05, 0.1) is 5.52 Å². The molecule has 2 heteroatoms. The van der Waals surface area contributed by atoms with E-state index >= 15 is 0 Å². The lowest BCUT2D eigenvalue weighted by atomic mass is 9.97. The van der Waals surface area contributed by atoms with Crippen molar-refractivity contribution in [3.05, 3.63) is 72.2 Å². The molecule has 2 heterocycles. The summed E-state index contributed by atoms with van der Waals surface area (Å²) in [7, 11) is 0. The van der Waals surface area contributed by atoms with Gasteiger partial charge < -0.3 is 4.57 Å². The zero-order valence-electron chi connectivity index (χ0n) is 12.7. The Morgan fingerprint density at radius 1 is 1.05 bits per heavy atom. The fourth-order valence-corrected chi connectivity index (χ4v) is 3.38. The maximum Gasteiger partial charge on any atom is 0.0519 e. The average Bonchev–Trinajstić information content (AvgIpc) is 2.95. The third kappa shape index (κ3) is 2.45. The normalized spacial score (nSPS) is 15.0. The lowest BCUT2D eigenvalue weighted by Gasteiger charge is -2.16. The van der Waals surface area contributed by atoms with E-state index in [1.54, 1.807) is 0 Å². The minimum Gasteiger partial charge on any atom is -0.336 e. The molecule has 0 saturated heterocycles. The van der Waals surface area contributed by atoms with Crippen molar-refractivity contribution in [2.45, 2.75) is 32.2 Å². The van der Waals surface area contributed by atoms with E-state index < -0.39 is 0 Å². The number of rotatable bonds is 3. The number of allylic oxidation sites excluding steroid dienone is 2. The van der Waals surface area contributed by atoms with Crippen LogP contribution in [0.1, 0.15) is 36.9 Å². The number of fused-ring (bicyclic) bond motifs is 1. The van der Waals surface area contributed by atoms with Crippen molar-refractivity contribution >= 4 is 16.5 Å². The fraction of sp³-hybridized carbons (Fsp3) is 0.250. The van der Waals surface area contributed by atoms with Crippen molar-refractivity contribution in [1.29, 1.82) is 0 Å². The number of hydrogen-bond acceptors (Lipinski definition) is 1. The van der Waals surface area contributed by atoms with Crippen LogP contribution in [0.4, 0.5) is 0 Å². The molecule has 0 aliphatic heterocycles. The summed E-state index contributed by atoms with van der Waals surface area (Å²) in [6.45, 7) is 0.918. The van der Waals surface area contributed by atoms with Gasteiger partial charge in [0.15, 0.2) is 0 Å². The van der Waals surface area contributed by atoms with Crippen molar-refractivity contribution in [3.63, 3.8) is 0 Å². The Bertz CT molecular complexity index is 812. The number of benzene rings is 1. The molecule has 110 valence electrons. The first kappa shape index (κ1) is 13.3. The van der Waals surface area contributed by atoms with E-state index in [1.807, 2.05) is 12.4 Å². The van der Waals surface area contributed by atoms with Crippen LogP contribution in [-0.2, 0) is 6.54 Å². The third-order valence-electron chi connectivity index (χ3n) is 4.51. The zero-order valence-corrected chi connectivity index (χ0v) is 12.7. The molecule has 0 atom stereocenters. The van der Waals surface area contributed by atoms with E-state index in [9.17, 15) is 0 Å². The van der Waals surface area contributed by atoms with Crippen LogP contribution in [0.15, 0.2) is 60.9 Å². The van der Waals surface area contributed by atoms with Gasteiger partial charge in [-0.25, -0.2) is 0 Å². The van der Waals surface area contributed by atoms with E-state index in [2.05, 4.69) is 58.1 Å². The highest BCUT2D eigenvalue weighted by Crippen LogP contribution is 2.31. The van der Waals surface area contributed by atoms with Crippen LogP contribution in [0.2, 0.25) is 0 Å². The molecule has 1 aliphatic carbocycles. The smallest absolute Gasteiger partial charge is 0.0519 e. The third-order valence-corrected chi connectivity index (χ3v) is 4.51. The van der Waals surface area contributed by atoms with Crippen LogP contribution in [0.5, 0.6) is 0 Å². The molecule has 1 aliphatic rings. The first-order chi connectivity index (χ1) is 10.9. The van der Waals surface area contributed by atoms with Crippen LogP contribution in [0, 0.1) is 0 Å². The predicted octanol–water partition coefficient (Wildman–Crippen LogP) is 5.04. The maximum absolute atomic E-state index is 4.29. The van der Waals surface area contributed by atoms with E-state index in [0.717, 1.165) is 6.54 Å². The summed E-state index contributed by atoms with van der Waals surface area (Å²) in [6.07, 6.45) is 11.3. The molecule has 0 spiro atoms. The van der Waals surface area contributed by atoms with Gasteiger partial charge in [-0.15, -0.1) is 0 Å². The van der Waals surface area contributed by atoms with E-state index in [1.165, 1.54) is 53.4 Å². The Morgan fingerprint density at radius 3 is 2.77 bits per heavy atom. The maximum atomic E-state index is 4.29. The minimum atomic E-state index is 0.918. The van der Waals surface area contributed by atoms with Gasteiger partial charge in [0.1, 0.15) is 0 Å². The van der Waals surface area contributed by atoms with E-state index in [4.69, 9.17) is 0 Å². The minimum absolute atomic E-state index is 0.918. The lowest BCUT2D eigenvalue weighted by Crippen LogP contribution is -2.05. The SMILES string of the molecule is C1=C(c2cc3cnccc3n2Cc2ccccc2)CCCC1. The topological polar surface area (TPSA) is 17.8 Å². The molecule has 0 unspecified atom stereocenters. The molecule has 2 nitrogen and oxygen atoms in total. The fourth-order valence-electron chi connectivity index (χ4n) is 3.38. The molecule has 0 bridgehead atoms. The average molecular weight is 288 g/mol. The van der Waals surface area contributed by atoms with Crippen LogP contribution in [-0.4, -0.2) is 9.55 Å². The first-order valence-corrected chi connectivity index (χ1v) is 8.08. The Hall–Kier alpha value is -2.35. The van der Waals surface area contributed by atoms with Crippen molar-refractivity contribution in [1.82, 2.24) is 9.55 Å². The van der Waals surface area contributed by atoms with Crippen LogP contribution < -0.4 is 0 Å². The van der Waals surface area contributed by atoms with Gasteiger partial charge in [-0.1, -0.05) is 36.4 Å². The quantitative estimate of drug-likeness (QED) is 0.660. The Labute approximate surface area is 131 Å². The van der Waals surface area contributed by atoms with Gasteiger partial charge >= 0.3 is 0 Å². The zero-order chi connectivity index (χ0) is 14.8. The second-order valence-corrected chi connectivity index (χ2v) is 6.01. The van der Waals surface area contributed by atoms with Crippen molar-refractivity contribution in [2.75, 3.05) is 0 Å². The summed E-state index contributed by atoms with van der Waals surface area (Å²) in [6, 6.07) is 15.1. The van der Waals surface area contributed by atoms with E-state index in [-0.39, 0.29) is 0 Å². The molecule has 0 saturated carbocycles. The highest BCUT2D eigenvalue weighted by atomic mass is 15.0. The van der Waals surface area contributed by atoms with Gasteiger partial charge in [0.2, 0.25) is 0 Å². The van der Waals surface area contributed by atoms with Gasteiger partial charge in [0, 0.05) is 30.0 Å². The Morgan fingerprint density at radius 2 is 1.95 bits per heavy atom. The number of nitrogens with zero attached hydrogens (tertiary/aromatic N) is 2. The molecule has 22 heavy (non-hydrogen) atoms. The second-order valence-electron chi connectivity index (χ2n) is 6.01. The summed E-state index contributed by atoms with van der Waals surface area (Å²) in [5.41, 5.74) is 5.49. The first-order valence-electron chi connectivity index (χ1n) is 8.08. The molecule has 2 aromatic heterocycles. The molecule has 0 N–H and O–H groups in total. The molecule has 0 fully saturated rings. The largest absolute Gasteiger partial charge is 0.336 e. The van der Waals surface area contributed by atoms with Crippen LogP contribution in [0.3, 0.4) is 0 Å². The van der Waals surface area contributed by atoms with E-state index in [0.29, 0.717) is 0 Å². The monoisotopic (exact) mass is 288 g/mol. The molecular weight excluding hydrogens is 268 g/mol. The molecule has 0 radical (unpaired) electrons. The Balaban J connectivity index is 1.84. The van der Waals surface area contributed by atoms with Gasteiger partial charge in [-0.05, 0) is 49.0 Å². The van der Waals surface area contributed by atoms with Crippen molar-refractivity contribution in [3.8, 4) is 0 Å². The van der Waals surface area contributed by atoms with Crippen molar-refractivity contribution in [2.24, 2.45) is 0 Å². The summed E-state index contributed by atoms with van der Waals surface area (Å²) in [5, 5.41) is 1.24. The predicted molar refractivity (Wildman–Crippen MR) is 91.7 cm³/mol. The molecule has 4 rings (SSSR count). The summed E-state index contributed by atoms with van der Waals surface area (Å²) in [5.74, 6) is 0. The molecule has 1 aromatic carbocycles. The standard InChI is InChI=1S/C20H20N2/c1-3-7-16(8-4-1)15-22-19-11-12-21-14-18(19)13-20(22)17-9-5-2-6-10-17/h1,3-4,7-9,11-14H,2,5-6,10,15H2. The second kappa shape index (κ2) is 5.80. The summed E-state index contributed by atoms with van der Waals surface area (Å²) >= 11 is 0. The van der Waals surface area contributed by atoms with Gasteiger partial charge in [0.25, 0.3) is 0 Å². The van der Waals surface area contributed by atoms with Crippen LogP contribution in [0.25, 0.3) is 16.5 Å². The van der Waals surface area contributed by atoms with Gasteiger partial charge in [-0.3, -0.25) is 4.98 Å². The Kier molecular flexibility index (Phi) is 3.51. The van der Waals surface area contributed by atoms with Crippen LogP contribution >= 0.6 is 0 Å². The summed E-state index contributed by atoms with van der Waals surface area (Å²) < 4.78 is 2.45.